The van der Waals surface area contributed by atoms with Crippen molar-refractivity contribution >= 4 is 5.97 Å². The fourth-order valence-electron chi connectivity index (χ4n) is 0.809. The Morgan fingerprint density at radius 3 is 2.91 bits per heavy atom. The van der Waals surface area contributed by atoms with Gasteiger partial charge in [-0.05, 0) is 0 Å². The number of nitrogens with zero attached hydrogens (tertiary/aromatic N) is 2. The van der Waals surface area contributed by atoms with Crippen LogP contribution in [0.25, 0.3) is 0 Å². The molecule has 0 aliphatic carbocycles. The number of ether oxygens (including phenoxy) is 1. The summed E-state index contributed by atoms with van der Waals surface area (Å²) in [6.45, 7) is 0.275. The number of esters is 1. The van der Waals surface area contributed by atoms with Crippen LogP contribution in [0.5, 0.6) is 0 Å². The van der Waals surface area contributed by atoms with E-state index in [1.54, 1.807) is 4.57 Å². The van der Waals surface area contributed by atoms with Gasteiger partial charge in [0, 0.05) is 0 Å². The molecule has 0 unspecified atom stereocenters. The molecule has 1 heterocycles. The molecule has 4 nitrogen and oxygen atoms in total. The summed E-state index contributed by atoms with van der Waals surface area (Å²) in [5.74, 6) is -0.235. The van der Waals surface area contributed by atoms with E-state index >= 15 is 0 Å². The van der Waals surface area contributed by atoms with Gasteiger partial charge in [-0.2, -0.15) is 0 Å². The van der Waals surface area contributed by atoms with Crippen molar-refractivity contribution in [1.82, 2.24) is 4.57 Å². The molecule has 0 aliphatic heterocycles. The molecule has 0 atom stereocenters. The van der Waals surface area contributed by atoms with Crippen molar-refractivity contribution in [2.45, 2.75) is 6.54 Å². The first-order valence-corrected chi connectivity index (χ1v) is 3.30. The van der Waals surface area contributed by atoms with E-state index in [1.165, 1.54) is 7.11 Å². The van der Waals surface area contributed by atoms with Gasteiger partial charge in [-0.3, -0.25) is 0 Å². The summed E-state index contributed by atoms with van der Waals surface area (Å²) >= 11 is 0. The van der Waals surface area contributed by atoms with E-state index in [-0.39, 0.29) is 12.5 Å². The minimum absolute atomic E-state index is 0.235. The van der Waals surface area contributed by atoms with Gasteiger partial charge in [0.2, 0.25) is 6.33 Å². The molecule has 11 heavy (non-hydrogen) atoms. The van der Waals surface area contributed by atoms with E-state index in [4.69, 9.17) is 0 Å². The lowest BCUT2D eigenvalue weighted by Gasteiger charge is -1.92. The third-order valence-electron chi connectivity index (χ3n) is 1.36. The Hall–Kier alpha value is -1.32. The molecule has 4 heteroatoms. The molecular weight excluding hydrogens is 144 g/mol. The standard InChI is InChI=1S/C7H11N2O2/c1-8-3-4-9(6-8)5-7(10)11-2/h3-4,6H,5H2,1-2H3/q+1. The van der Waals surface area contributed by atoms with Gasteiger partial charge in [0.15, 0.2) is 6.54 Å². The molecule has 1 rings (SSSR count). The van der Waals surface area contributed by atoms with Gasteiger partial charge >= 0.3 is 5.97 Å². The molecule has 0 aromatic carbocycles. The molecule has 0 spiro atoms. The molecule has 0 aliphatic rings. The van der Waals surface area contributed by atoms with E-state index in [0.717, 1.165) is 0 Å². The second kappa shape index (κ2) is 3.18. The van der Waals surface area contributed by atoms with Crippen LogP contribution in [-0.4, -0.2) is 17.6 Å². The molecule has 0 saturated heterocycles. The second-order valence-electron chi connectivity index (χ2n) is 2.33. The highest BCUT2D eigenvalue weighted by molar-refractivity contribution is 5.68. The van der Waals surface area contributed by atoms with Crippen molar-refractivity contribution in [2.75, 3.05) is 7.11 Å². The predicted octanol–water partition coefficient (Wildman–Crippen LogP) is -0.514. The van der Waals surface area contributed by atoms with Crippen molar-refractivity contribution in [3.8, 4) is 0 Å². The molecule has 0 amide bonds. The third-order valence-corrected chi connectivity index (χ3v) is 1.36. The van der Waals surface area contributed by atoms with Crippen molar-refractivity contribution in [1.29, 1.82) is 0 Å². The SMILES string of the molecule is COC(=O)Cn1cc[n+](C)c1. The smallest absolute Gasteiger partial charge is 0.348 e. The average molecular weight is 155 g/mol. The fraction of sp³-hybridized carbons (Fsp3) is 0.429. The molecule has 1 aromatic rings. The minimum atomic E-state index is -0.235. The van der Waals surface area contributed by atoms with Crippen molar-refractivity contribution < 1.29 is 14.1 Å². The van der Waals surface area contributed by atoms with Gasteiger partial charge in [0.25, 0.3) is 0 Å². The van der Waals surface area contributed by atoms with Gasteiger partial charge < -0.3 is 4.74 Å². The summed E-state index contributed by atoms with van der Waals surface area (Å²) in [4.78, 5) is 10.7. The topological polar surface area (TPSA) is 35.1 Å². The first kappa shape index (κ1) is 7.78. The average Bonchev–Trinajstić information content (AvgIpc) is 2.35. The lowest BCUT2D eigenvalue weighted by molar-refractivity contribution is -0.671. The Morgan fingerprint density at radius 1 is 1.73 bits per heavy atom. The Kier molecular flexibility index (Phi) is 2.25. The van der Waals surface area contributed by atoms with Crippen LogP contribution >= 0.6 is 0 Å². The van der Waals surface area contributed by atoms with Crippen LogP contribution in [0.1, 0.15) is 0 Å². The van der Waals surface area contributed by atoms with Crippen LogP contribution in [0, 0.1) is 0 Å². The summed E-state index contributed by atoms with van der Waals surface area (Å²) in [6, 6.07) is 0. The van der Waals surface area contributed by atoms with Crippen molar-refractivity contribution in [3.63, 3.8) is 0 Å². The Morgan fingerprint density at radius 2 is 2.45 bits per heavy atom. The van der Waals surface area contributed by atoms with Crippen LogP contribution in [0.2, 0.25) is 0 Å². The Labute approximate surface area is 65.0 Å². The van der Waals surface area contributed by atoms with Crippen molar-refractivity contribution in [2.24, 2.45) is 7.05 Å². The largest absolute Gasteiger partial charge is 0.466 e. The monoisotopic (exact) mass is 155 g/mol. The molecule has 0 N–H and O–H groups in total. The number of hydrogen-bond donors (Lipinski definition) is 0. The van der Waals surface area contributed by atoms with Crippen LogP contribution in [0.15, 0.2) is 18.7 Å². The number of aryl methyl sites for hydroxylation is 1. The van der Waals surface area contributed by atoms with E-state index in [2.05, 4.69) is 4.74 Å². The molecule has 1 aromatic heterocycles. The number of aromatic nitrogens is 2. The first-order valence-electron chi connectivity index (χ1n) is 3.30. The highest BCUT2D eigenvalue weighted by atomic mass is 16.5. The first-order chi connectivity index (χ1) is 5.22. The van der Waals surface area contributed by atoms with Crippen molar-refractivity contribution in [3.05, 3.63) is 18.7 Å². The normalized spacial score (nSPS) is 9.64. The number of carbonyl (C=O) groups excluding carboxylic acids is 1. The summed E-state index contributed by atoms with van der Waals surface area (Å²) in [6.07, 6.45) is 5.50. The summed E-state index contributed by atoms with van der Waals surface area (Å²) in [5, 5.41) is 0. The highest BCUT2D eigenvalue weighted by Gasteiger charge is 2.06. The van der Waals surface area contributed by atoms with Gasteiger partial charge in [0.05, 0.1) is 14.2 Å². The molecule has 0 radical (unpaired) electrons. The molecule has 0 bridgehead atoms. The second-order valence-corrected chi connectivity index (χ2v) is 2.33. The minimum Gasteiger partial charge on any atom is -0.466 e. The molecular formula is C7H11N2O2+. The summed E-state index contributed by atoms with van der Waals surface area (Å²) in [7, 11) is 3.28. The summed E-state index contributed by atoms with van der Waals surface area (Å²) in [5.41, 5.74) is 0. The van der Waals surface area contributed by atoms with Crippen LogP contribution in [-0.2, 0) is 23.1 Å². The highest BCUT2D eigenvalue weighted by Crippen LogP contribution is 1.84. The summed E-state index contributed by atoms with van der Waals surface area (Å²) < 4.78 is 8.11. The molecule has 0 fully saturated rings. The lowest BCUT2D eigenvalue weighted by Crippen LogP contribution is -2.24. The van der Waals surface area contributed by atoms with E-state index < -0.39 is 0 Å². The maximum atomic E-state index is 10.7. The zero-order valence-electron chi connectivity index (χ0n) is 6.65. The van der Waals surface area contributed by atoms with E-state index in [1.807, 2.05) is 30.3 Å². The molecule has 0 saturated carbocycles. The fourth-order valence-corrected chi connectivity index (χ4v) is 0.809. The van der Waals surface area contributed by atoms with Gasteiger partial charge in [-0.25, -0.2) is 13.9 Å². The molecule has 60 valence electrons. The number of carbonyl (C=O) groups is 1. The van der Waals surface area contributed by atoms with Gasteiger partial charge in [0.1, 0.15) is 12.4 Å². The van der Waals surface area contributed by atoms with E-state index in [9.17, 15) is 4.79 Å². The van der Waals surface area contributed by atoms with Crippen LogP contribution in [0.4, 0.5) is 0 Å². The maximum Gasteiger partial charge on any atom is 0.348 e. The number of imidazole rings is 1. The third kappa shape index (κ3) is 2.07. The van der Waals surface area contributed by atoms with E-state index in [0.29, 0.717) is 0 Å². The Balaban J connectivity index is 2.57. The zero-order chi connectivity index (χ0) is 8.27. The maximum absolute atomic E-state index is 10.7. The number of methoxy groups -OCH3 is 1. The predicted molar refractivity (Wildman–Crippen MR) is 37.6 cm³/mol. The number of hydrogen-bond acceptors (Lipinski definition) is 2. The lowest BCUT2D eigenvalue weighted by atomic mass is 10.6. The quantitative estimate of drug-likeness (QED) is 0.425. The van der Waals surface area contributed by atoms with Crippen LogP contribution < -0.4 is 4.57 Å². The van der Waals surface area contributed by atoms with Gasteiger partial charge in [-0.1, -0.05) is 0 Å². The number of rotatable bonds is 2. The Bertz CT molecular complexity index is 255. The van der Waals surface area contributed by atoms with Crippen LogP contribution in [0.3, 0.4) is 0 Å². The zero-order valence-corrected chi connectivity index (χ0v) is 6.65. The van der Waals surface area contributed by atoms with Gasteiger partial charge in [-0.15, -0.1) is 0 Å².